The van der Waals surface area contributed by atoms with Gasteiger partial charge in [0.15, 0.2) is 5.78 Å². The van der Waals surface area contributed by atoms with E-state index in [0.717, 1.165) is 6.26 Å². The summed E-state index contributed by atoms with van der Waals surface area (Å²) >= 11 is 0. The summed E-state index contributed by atoms with van der Waals surface area (Å²) < 4.78 is 26.9. The summed E-state index contributed by atoms with van der Waals surface area (Å²) in [6, 6.07) is 13.5. The molecule has 0 aromatic heterocycles. The van der Waals surface area contributed by atoms with E-state index in [0.29, 0.717) is 16.7 Å². The molecule has 0 radical (unpaired) electrons. The molecule has 0 amide bonds. The van der Waals surface area contributed by atoms with Crippen LogP contribution in [0.25, 0.3) is 0 Å². The number of ketones is 1. The Hall–Kier alpha value is -2.14. The molecule has 0 atom stereocenters. The van der Waals surface area contributed by atoms with Gasteiger partial charge in [0.1, 0.15) is 5.75 Å². The van der Waals surface area contributed by atoms with Gasteiger partial charge in [-0.1, -0.05) is 30.3 Å². The molecule has 0 aliphatic carbocycles. The lowest BCUT2D eigenvalue weighted by Crippen LogP contribution is -2.07. The van der Waals surface area contributed by atoms with Crippen molar-refractivity contribution in [3.05, 3.63) is 65.2 Å². The summed E-state index contributed by atoms with van der Waals surface area (Å²) in [5.74, 6) is 0.101. The van der Waals surface area contributed by atoms with Crippen molar-refractivity contribution in [2.24, 2.45) is 0 Å². The molecule has 0 N–H and O–H groups in total. The van der Waals surface area contributed by atoms with E-state index in [1.165, 1.54) is 12.1 Å². The van der Waals surface area contributed by atoms with Crippen molar-refractivity contribution in [3.63, 3.8) is 0 Å². The van der Waals surface area contributed by atoms with Crippen molar-refractivity contribution in [2.75, 3.05) is 6.26 Å². The first kappa shape index (κ1) is 14.3. The van der Waals surface area contributed by atoms with Crippen molar-refractivity contribution >= 4 is 15.9 Å². The fraction of sp³-hybridized carbons (Fsp3) is 0.133. The lowest BCUT2D eigenvalue weighted by molar-refractivity contribution is 0.103. The molecule has 2 aromatic carbocycles. The quantitative estimate of drug-likeness (QED) is 0.641. The SMILES string of the molecule is Cc1cc(OS(C)(=O)=O)ccc1C(=O)c1ccccc1. The molecule has 0 aliphatic rings. The Morgan fingerprint density at radius 3 is 2.25 bits per heavy atom. The van der Waals surface area contributed by atoms with E-state index in [2.05, 4.69) is 0 Å². The monoisotopic (exact) mass is 290 g/mol. The normalized spacial score (nSPS) is 11.1. The van der Waals surface area contributed by atoms with Gasteiger partial charge in [-0.25, -0.2) is 0 Å². The van der Waals surface area contributed by atoms with Crippen LogP contribution in [0.1, 0.15) is 21.5 Å². The first-order chi connectivity index (χ1) is 9.37. The summed E-state index contributed by atoms with van der Waals surface area (Å²) in [4.78, 5) is 12.3. The highest BCUT2D eigenvalue weighted by Gasteiger charge is 2.13. The fourth-order valence-corrected chi connectivity index (χ4v) is 2.32. The fourth-order valence-electron chi connectivity index (χ4n) is 1.86. The van der Waals surface area contributed by atoms with Gasteiger partial charge >= 0.3 is 10.1 Å². The highest BCUT2D eigenvalue weighted by Crippen LogP contribution is 2.21. The summed E-state index contributed by atoms with van der Waals surface area (Å²) in [6.07, 6.45) is 0.978. The van der Waals surface area contributed by atoms with Gasteiger partial charge in [-0.15, -0.1) is 0 Å². The molecule has 0 unspecified atom stereocenters. The lowest BCUT2D eigenvalue weighted by atomic mass is 9.99. The Balaban J connectivity index is 2.33. The Morgan fingerprint density at radius 1 is 1.05 bits per heavy atom. The average molecular weight is 290 g/mol. The summed E-state index contributed by atoms with van der Waals surface area (Å²) in [5, 5.41) is 0. The van der Waals surface area contributed by atoms with Gasteiger partial charge in [0.05, 0.1) is 6.26 Å². The van der Waals surface area contributed by atoms with Crippen molar-refractivity contribution < 1.29 is 17.4 Å². The van der Waals surface area contributed by atoms with Crippen LogP contribution in [0.15, 0.2) is 48.5 Å². The van der Waals surface area contributed by atoms with Gasteiger partial charge in [0, 0.05) is 11.1 Å². The summed E-state index contributed by atoms with van der Waals surface area (Å²) in [6.45, 7) is 1.74. The predicted octanol–water partition coefficient (Wildman–Crippen LogP) is 2.56. The first-order valence-corrected chi connectivity index (χ1v) is 7.78. The number of hydrogen-bond donors (Lipinski definition) is 0. The largest absolute Gasteiger partial charge is 0.383 e. The number of carbonyl (C=O) groups excluding carboxylic acids is 1. The van der Waals surface area contributed by atoms with Gasteiger partial charge in [0.2, 0.25) is 0 Å². The molecule has 2 rings (SSSR count). The van der Waals surface area contributed by atoms with Crippen LogP contribution >= 0.6 is 0 Å². The van der Waals surface area contributed by atoms with E-state index >= 15 is 0 Å². The average Bonchev–Trinajstić information content (AvgIpc) is 2.37. The molecule has 0 fully saturated rings. The first-order valence-electron chi connectivity index (χ1n) is 5.97. The van der Waals surface area contributed by atoms with Crippen molar-refractivity contribution in [1.82, 2.24) is 0 Å². The van der Waals surface area contributed by atoms with Crippen molar-refractivity contribution in [2.45, 2.75) is 6.92 Å². The maximum absolute atomic E-state index is 12.3. The second-order valence-electron chi connectivity index (χ2n) is 4.46. The van der Waals surface area contributed by atoms with Crippen LogP contribution < -0.4 is 4.18 Å². The molecule has 20 heavy (non-hydrogen) atoms. The zero-order valence-corrected chi connectivity index (χ0v) is 12.0. The predicted molar refractivity (Wildman–Crippen MR) is 76.5 cm³/mol. The third-order valence-corrected chi connectivity index (χ3v) is 3.22. The number of rotatable bonds is 4. The minimum atomic E-state index is -3.56. The van der Waals surface area contributed by atoms with Gasteiger partial charge in [0.25, 0.3) is 0 Å². The molecule has 4 nitrogen and oxygen atoms in total. The zero-order chi connectivity index (χ0) is 14.8. The van der Waals surface area contributed by atoms with Crippen molar-refractivity contribution in [3.8, 4) is 5.75 Å². The molecule has 0 bridgehead atoms. The second-order valence-corrected chi connectivity index (χ2v) is 6.03. The van der Waals surface area contributed by atoms with Crippen LogP contribution in [0.4, 0.5) is 0 Å². The summed E-state index contributed by atoms with van der Waals surface area (Å²) in [5.41, 5.74) is 1.78. The smallest absolute Gasteiger partial charge is 0.306 e. The maximum atomic E-state index is 12.3. The van der Waals surface area contributed by atoms with Gasteiger partial charge < -0.3 is 4.18 Å². The number of aryl methyl sites for hydroxylation is 1. The van der Waals surface area contributed by atoms with Crippen LogP contribution in [0.5, 0.6) is 5.75 Å². The number of carbonyl (C=O) groups is 1. The molecular formula is C15H14O4S. The molecule has 104 valence electrons. The molecular weight excluding hydrogens is 276 g/mol. The van der Waals surface area contributed by atoms with Crippen LogP contribution in [0, 0.1) is 6.92 Å². The Bertz CT molecular complexity index is 734. The maximum Gasteiger partial charge on any atom is 0.306 e. The van der Waals surface area contributed by atoms with Crippen LogP contribution in [0.3, 0.4) is 0 Å². The Morgan fingerprint density at radius 2 is 1.70 bits per heavy atom. The molecule has 0 spiro atoms. The molecule has 0 aliphatic heterocycles. The Kier molecular flexibility index (Phi) is 3.90. The summed E-state index contributed by atoms with van der Waals surface area (Å²) in [7, 11) is -3.56. The van der Waals surface area contributed by atoms with Gasteiger partial charge in [-0.05, 0) is 30.7 Å². The Labute approximate surface area is 118 Å². The third kappa shape index (κ3) is 3.45. The standard InChI is InChI=1S/C15H14O4S/c1-11-10-13(19-20(2,17)18)8-9-14(11)15(16)12-6-4-3-5-7-12/h3-10H,1-2H3. The van der Waals surface area contributed by atoms with E-state index in [4.69, 9.17) is 4.18 Å². The zero-order valence-electron chi connectivity index (χ0n) is 11.2. The van der Waals surface area contributed by atoms with Crippen LogP contribution in [0.2, 0.25) is 0 Å². The number of benzene rings is 2. The topological polar surface area (TPSA) is 60.4 Å². The third-order valence-electron chi connectivity index (χ3n) is 2.73. The molecule has 0 saturated heterocycles. The lowest BCUT2D eigenvalue weighted by Gasteiger charge is -2.08. The second kappa shape index (κ2) is 5.46. The van der Waals surface area contributed by atoms with E-state index < -0.39 is 10.1 Å². The molecule has 2 aromatic rings. The highest BCUT2D eigenvalue weighted by molar-refractivity contribution is 7.86. The van der Waals surface area contributed by atoms with Crippen LogP contribution in [-0.4, -0.2) is 20.5 Å². The van der Waals surface area contributed by atoms with Gasteiger partial charge in [-0.3, -0.25) is 4.79 Å². The molecule has 5 heteroatoms. The van der Waals surface area contributed by atoms with E-state index in [-0.39, 0.29) is 11.5 Å². The molecule has 0 saturated carbocycles. The minimum absolute atomic E-state index is 0.103. The van der Waals surface area contributed by atoms with Crippen LogP contribution in [-0.2, 0) is 10.1 Å². The highest BCUT2D eigenvalue weighted by atomic mass is 32.2. The van der Waals surface area contributed by atoms with E-state index in [1.807, 2.05) is 6.07 Å². The van der Waals surface area contributed by atoms with Crippen molar-refractivity contribution in [1.29, 1.82) is 0 Å². The van der Waals surface area contributed by atoms with E-state index in [1.54, 1.807) is 37.3 Å². The number of hydrogen-bond acceptors (Lipinski definition) is 4. The van der Waals surface area contributed by atoms with E-state index in [9.17, 15) is 13.2 Å². The molecule has 0 heterocycles. The van der Waals surface area contributed by atoms with Gasteiger partial charge in [-0.2, -0.15) is 8.42 Å². The minimum Gasteiger partial charge on any atom is -0.383 e.